The number of rotatable bonds is 4. The van der Waals surface area contributed by atoms with Crippen LogP contribution in [0.4, 0.5) is 17.1 Å². The minimum Gasteiger partial charge on any atom is -0.455 e. The predicted molar refractivity (Wildman–Crippen MR) is 262 cm³/mol. The maximum absolute atomic E-state index is 7.05. The number of anilines is 3. The van der Waals surface area contributed by atoms with E-state index in [9.17, 15) is 0 Å². The van der Waals surface area contributed by atoms with Gasteiger partial charge in [-0.1, -0.05) is 172 Å². The predicted octanol–water partition coefficient (Wildman–Crippen LogP) is 16.7. The van der Waals surface area contributed by atoms with Gasteiger partial charge in [0.2, 0.25) is 0 Å². The third-order valence-corrected chi connectivity index (χ3v) is 14.8. The summed E-state index contributed by atoms with van der Waals surface area (Å²) in [5.41, 5.74) is 18.7. The Morgan fingerprint density at radius 2 is 1.08 bits per heavy atom. The molecule has 1 spiro atoms. The summed E-state index contributed by atoms with van der Waals surface area (Å²) >= 11 is 1.91. The maximum Gasteiger partial charge on any atom is 0.143 e. The van der Waals surface area contributed by atoms with Crippen LogP contribution in [-0.4, -0.2) is 0 Å². The Labute approximate surface area is 365 Å². The highest BCUT2D eigenvalue weighted by Crippen LogP contribution is 2.67. The molecule has 2 aliphatic rings. The largest absolute Gasteiger partial charge is 0.455 e. The Hall–Kier alpha value is -7.20. The summed E-state index contributed by atoms with van der Waals surface area (Å²) in [5, 5.41) is 4.81. The van der Waals surface area contributed by atoms with E-state index < -0.39 is 5.41 Å². The zero-order valence-electron chi connectivity index (χ0n) is 34.7. The zero-order valence-corrected chi connectivity index (χ0v) is 35.6. The normalized spacial score (nSPS) is 13.5. The van der Waals surface area contributed by atoms with Gasteiger partial charge in [-0.05, 0) is 98.0 Å². The monoisotopic (exact) mass is 811 g/mol. The topological polar surface area (TPSA) is 16.4 Å². The van der Waals surface area contributed by atoms with Crippen LogP contribution < -0.4 is 4.90 Å². The number of benzene rings is 9. The number of fused-ring (bicyclic) bond motifs is 18. The summed E-state index contributed by atoms with van der Waals surface area (Å²) in [7, 11) is 0. The van der Waals surface area contributed by atoms with Crippen molar-refractivity contribution in [3.8, 4) is 33.4 Å². The number of hydrogen-bond acceptors (Lipinski definition) is 3. The summed E-state index contributed by atoms with van der Waals surface area (Å²) < 4.78 is 9.60. The molecule has 2 aromatic heterocycles. The standard InChI is InChI=1S/C59H41NOS/c1-58(2,3)38-27-31-40(32-28-38)60(39-29-25-37(26-30-39)36-15-5-4-6-16-36)50-35-49-55(57-53(50)45-20-10-14-24-52(45)62-57)54-48(34-33-44-43-19-9-13-23-51(43)61-56(44)54)59(49)46-21-11-7-17-41(46)42-18-8-12-22-47(42)59/h4-35H,1-3H3. The van der Waals surface area contributed by atoms with Gasteiger partial charge in [-0.2, -0.15) is 0 Å². The first-order chi connectivity index (χ1) is 30.4. The van der Waals surface area contributed by atoms with E-state index in [1.165, 1.54) is 87.1 Å². The summed E-state index contributed by atoms with van der Waals surface area (Å²) in [5.74, 6) is 0. The van der Waals surface area contributed by atoms with Gasteiger partial charge in [0.25, 0.3) is 0 Å². The molecule has 0 bridgehead atoms. The van der Waals surface area contributed by atoms with Gasteiger partial charge in [0.05, 0.1) is 11.1 Å². The maximum atomic E-state index is 7.05. The summed E-state index contributed by atoms with van der Waals surface area (Å²) in [4.78, 5) is 2.52. The van der Waals surface area contributed by atoms with Gasteiger partial charge in [-0.25, -0.2) is 0 Å². The van der Waals surface area contributed by atoms with E-state index >= 15 is 0 Å². The highest BCUT2D eigenvalue weighted by Gasteiger charge is 2.53. The van der Waals surface area contributed by atoms with Crippen LogP contribution in [0, 0.1) is 0 Å². The van der Waals surface area contributed by atoms with Crippen LogP contribution in [0.5, 0.6) is 0 Å². The minimum absolute atomic E-state index is 0.0223. The Bertz CT molecular complexity index is 3560. The average molecular weight is 812 g/mol. The lowest BCUT2D eigenvalue weighted by Crippen LogP contribution is -2.26. The molecule has 0 atom stereocenters. The van der Waals surface area contributed by atoms with E-state index in [2.05, 4.69) is 220 Å². The Kier molecular flexibility index (Phi) is 7.40. The third kappa shape index (κ3) is 4.80. The van der Waals surface area contributed by atoms with E-state index in [1.807, 2.05) is 11.3 Å². The molecule has 2 nitrogen and oxygen atoms in total. The number of hydrogen-bond donors (Lipinski definition) is 0. The lowest BCUT2D eigenvalue weighted by atomic mass is 9.70. The molecule has 294 valence electrons. The highest BCUT2D eigenvalue weighted by atomic mass is 32.1. The fourth-order valence-electron chi connectivity index (χ4n) is 10.9. The van der Waals surface area contributed by atoms with E-state index in [4.69, 9.17) is 4.42 Å². The molecule has 0 radical (unpaired) electrons. The first kappa shape index (κ1) is 35.5. The molecule has 0 amide bonds. The van der Waals surface area contributed by atoms with Crippen molar-refractivity contribution in [2.45, 2.75) is 31.6 Å². The molecule has 9 aromatic carbocycles. The van der Waals surface area contributed by atoms with Gasteiger partial charge in [-0.15, -0.1) is 11.3 Å². The molecule has 2 aliphatic carbocycles. The summed E-state index contributed by atoms with van der Waals surface area (Å²) in [6.45, 7) is 6.87. The van der Waals surface area contributed by atoms with Gasteiger partial charge < -0.3 is 9.32 Å². The quantitative estimate of drug-likeness (QED) is 0.176. The van der Waals surface area contributed by atoms with Crippen LogP contribution in [0.15, 0.2) is 199 Å². The van der Waals surface area contributed by atoms with Crippen molar-refractivity contribution in [3.05, 3.63) is 222 Å². The van der Waals surface area contributed by atoms with Gasteiger partial charge in [0.1, 0.15) is 11.2 Å². The average Bonchev–Trinajstić information content (AvgIpc) is 4.05. The van der Waals surface area contributed by atoms with E-state index in [0.29, 0.717) is 0 Å². The lowest BCUT2D eigenvalue weighted by Gasteiger charge is -2.33. The molecule has 0 N–H and O–H groups in total. The molecule has 0 aliphatic heterocycles. The fourth-order valence-corrected chi connectivity index (χ4v) is 12.2. The summed E-state index contributed by atoms with van der Waals surface area (Å²) in [6, 6.07) is 72.1. The van der Waals surface area contributed by atoms with Crippen molar-refractivity contribution >= 4 is 70.5 Å². The molecule has 62 heavy (non-hydrogen) atoms. The van der Waals surface area contributed by atoms with Crippen molar-refractivity contribution in [2.75, 3.05) is 4.90 Å². The van der Waals surface area contributed by atoms with Crippen molar-refractivity contribution in [2.24, 2.45) is 0 Å². The molecule has 0 fully saturated rings. The number of furan rings is 1. The Balaban J connectivity index is 1.19. The Morgan fingerprint density at radius 3 is 1.79 bits per heavy atom. The van der Waals surface area contributed by atoms with Crippen molar-refractivity contribution in [3.63, 3.8) is 0 Å². The number of nitrogens with zero attached hydrogens (tertiary/aromatic N) is 1. The molecule has 0 saturated heterocycles. The number of para-hydroxylation sites is 1. The van der Waals surface area contributed by atoms with Crippen LogP contribution in [0.3, 0.4) is 0 Å². The van der Waals surface area contributed by atoms with Crippen molar-refractivity contribution in [1.82, 2.24) is 0 Å². The molecule has 13 rings (SSSR count). The highest BCUT2D eigenvalue weighted by molar-refractivity contribution is 7.26. The van der Waals surface area contributed by atoms with Gasteiger partial charge in [-0.3, -0.25) is 0 Å². The van der Waals surface area contributed by atoms with Crippen molar-refractivity contribution in [1.29, 1.82) is 0 Å². The zero-order chi connectivity index (χ0) is 41.3. The smallest absolute Gasteiger partial charge is 0.143 e. The fraction of sp³-hybridized carbons (Fsp3) is 0.0847. The molecule has 0 saturated carbocycles. The Morgan fingerprint density at radius 1 is 0.484 bits per heavy atom. The SMILES string of the molecule is CC(C)(C)c1ccc(N(c2ccc(-c3ccccc3)cc2)c2cc3c(c4sc5ccccc5c24)-c2c(ccc4c2oc2ccccc24)C32c3ccccc3-c3ccccc32)cc1. The van der Waals surface area contributed by atoms with Crippen LogP contribution in [0.1, 0.15) is 48.6 Å². The van der Waals surface area contributed by atoms with Crippen LogP contribution in [0.25, 0.3) is 75.5 Å². The molecule has 2 heterocycles. The second-order valence-electron chi connectivity index (χ2n) is 18.0. The molecular formula is C59H41NOS. The molecule has 0 unspecified atom stereocenters. The third-order valence-electron chi connectivity index (χ3n) is 13.7. The van der Waals surface area contributed by atoms with Gasteiger partial charge in [0.15, 0.2) is 0 Å². The van der Waals surface area contributed by atoms with Crippen molar-refractivity contribution < 1.29 is 4.42 Å². The van der Waals surface area contributed by atoms with E-state index in [1.54, 1.807) is 0 Å². The van der Waals surface area contributed by atoms with Gasteiger partial charge >= 0.3 is 0 Å². The van der Waals surface area contributed by atoms with E-state index in [-0.39, 0.29) is 5.41 Å². The van der Waals surface area contributed by atoms with Crippen LogP contribution >= 0.6 is 11.3 Å². The number of thiophene rings is 1. The molecule has 11 aromatic rings. The van der Waals surface area contributed by atoms with E-state index in [0.717, 1.165) is 33.3 Å². The summed E-state index contributed by atoms with van der Waals surface area (Å²) in [6.07, 6.45) is 0. The first-order valence-corrected chi connectivity index (χ1v) is 22.4. The van der Waals surface area contributed by atoms with Gasteiger partial charge in [0, 0.05) is 53.4 Å². The lowest BCUT2D eigenvalue weighted by molar-refractivity contribution is 0.590. The molecular weight excluding hydrogens is 771 g/mol. The second kappa shape index (κ2) is 12.9. The first-order valence-electron chi connectivity index (χ1n) is 21.6. The minimum atomic E-state index is -0.580. The second-order valence-corrected chi connectivity index (χ2v) is 19.0. The van der Waals surface area contributed by atoms with Crippen LogP contribution in [0.2, 0.25) is 0 Å². The molecule has 3 heteroatoms. The van der Waals surface area contributed by atoms with Crippen LogP contribution in [-0.2, 0) is 10.8 Å².